The van der Waals surface area contributed by atoms with Gasteiger partial charge in [-0.1, -0.05) is 11.8 Å². The van der Waals surface area contributed by atoms with E-state index in [0.717, 1.165) is 19.6 Å². The third kappa shape index (κ3) is 5.44. The lowest BCUT2D eigenvalue weighted by molar-refractivity contribution is -0.139. The van der Waals surface area contributed by atoms with Gasteiger partial charge in [0.15, 0.2) is 5.17 Å². The predicted molar refractivity (Wildman–Crippen MR) is 102 cm³/mol. The average molecular weight is 393 g/mol. The second-order valence-electron chi connectivity index (χ2n) is 5.94. The molecule has 0 unspecified atom stereocenters. The van der Waals surface area contributed by atoms with Crippen molar-refractivity contribution in [3.05, 3.63) is 29.9 Å². The molecule has 0 aliphatic carbocycles. The summed E-state index contributed by atoms with van der Waals surface area (Å²) in [5.41, 5.74) is 0.304. The molecule has 0 atom stereocenters. The van der Waals surface area contributed by atoms with E-state index >= 15 is 0 Å². The quantitative estimate of drug-likeness (QED) is 0.512. The van der Waals surface area contributed by atoms with Gasteiger partial charge < -0.3 is 13.9 Å². The molecule has 1 aromatic heterocycles. The molecule has 3 heterocycles. The van der Waals surface area contributed by atoms with Crippen LogP contribution in [0.2, 0.25) is 0 Å². The molecule has 1 fully saturated rings. The Morgan fingerprint density at radius 2 is 2.19 bits per heavy atom. The van der Waals surface area contributed by atoms with Crippen LogP contribution < -0.4 is 0 Å². The topological polar surface area (TPSA) is 84.6 Å². The van der Waals surface area contributed by atoms with Gasteiger partial charge in [-0.2, -0.15) is 0 Å². The summed E-state index contributed by atoms with van der Waals surface area (Å²) in [5, 5.41) is 0.513. The minimum atomic E-state index is -0.325. The van der Waals surface area contributed by atoms with E-state index in [-0.39, 0.29) is 17.6 Å². The zero-order valence-corrected chi connectivity index (χ0v) is 16.1. The SMILES string of the molecule is CCOC(=O)CSC1=N/C(=C\c2ccco2)C(=O)N1CCN1CCOCC1. The largest absolute Gasteiger partial charge is 0.465 e. The van der Waals surface area contributed by atoms with Gasteiger partial charge in [0.1, 0.15) is 11.5 Å². The summed E-state index contributed by atoms with van der Waals surface area (Å²) < 4.78 is 15.6. The molecule has 146 valence electrons. The summed E-state index contributed by atoms with van der Waals surface area (Å²) in [6, 6.07) is 3.51. The molecule has 3 rings (SSSR count). The normalized spacial score (nSPS) is 19.6. The van der Waals surface area contributed by atoms with Crippen LogP contribution in [0.1, 0.15) is 12.7 Å². The highest BCUT2D eigenvalue weighted by Gasteiger charge is 2.31. The maximum absolute atomic E-state index is 12.8. The number of carbonyl (C=O) groups excluding carboxylic acids is 2. The van der Waals surface area contributed by atoms with Crippen molar-refractivity contribution in [2.45, 2.75) is 6.92 Å². The van der Waals surface area contributed by atoms with Gasteiger partial charge in [0, 0.05) is 32.3 Å². The standard InChI is InChI=1S/C18H23N3O5S/c1-2-25-16(22)13-27-18-19-15(12-14-4-3-9-26-14)17(23)21(18)6-5-20-7-10-24-11-8-20/h3-4,9,12H,2,5-8,10-11,13H2,1H3/b15-12-. The fourth-order valence-electron chi connectivity index (χ4n) is 2.74. The van der Waals surface area contributed by atoms with Gasteiger partial charge in [0.25, 0.3) is 5.91 Å². The summed E-state index contributed by atoms with van der Waals surface area (Å²) in [5.74, 6) is 0.161. The van der Waals surface area contributed by atoms with E-state index < -0.39 is 0 Å². The maximum atomic E-state index is 12.8. The van der Waals surface area contributed by atoms with E-state index in [2.05, 4.69) is 9.89 Å². The molecular weight excluding hydrogens is 370 g/mol. The van der Waals surface area contributed by atoms with Crippen molar-refractivity contribution in [1.29, 1.82) is 0 Å². The van der Waals surface area contributed by atoms with E-state index in [4.69, 9.17) is 13.9 Å². The number of carbonyl (C=O) groups is 2. The Morgan fingerprint density at radius 1 is 1.37 bits per heavy atom. The molecule has 2 aliphatic heterocycles. The number of furan rings is 1. The molecule has 9 heteroatoms. The van der Waals surface area contributed by atoms with Gasteiger partial charge in [-0.05, 0) is 19.1 Å². The molecule has 0 radical (unpaired) electrons. The molecule has 1 aromatic rings. The van der Waals surface area contributed by atoms with Crippen molar-refractivity contribution < 1.29 is 23.5 Å². The number of nitrogens with zero attached hydrogens (tertiary/aromatic N) is 3. The Kier molecular flexibility index (Phi) is 7.08. The molecule has 2 aliphatic rings. The second kappa shape index (κ2) is 9.72. The number of morpholine rings is 1. The maximum Gasteiger partial charge on any atom is 0.316 e. The lowest BCUT2D eigenvalue weighted by Crippen LogP contribution is -2.43. The van der Waals surface area contributed by atoms with E-state index in [0.29, 0.717) is 43.0 Å². The Bertz CT molecular complexity index is 711. The Morgan fingerprint density at radius 3 is 2.89 bits per heavy atom. The summed E-state index contributed by atoms with van der Waals surface area (Å²) in [4.78, 5) is 32.8. The highest BCUT2D eigenvalue weighted by molar-refractivity contribution is 8.14. The van der Waals surface area contributed by atoms with Crippen LogP contribution in [0.5, 0.6) is 0 Å². The minimum Gasteiger partial charge on any atom is -0.465 e. The van der Waals surface area contributed by atoms with E-state index in [9.17, 15) is 9.59 Å². The zero-order valence-electron chi connectivity index (χ0n) is 15.3. The predicted octanol–water partition coefficient (Wildman–Crippen LogP) is 1.45. The molecule has 1 saturated heterocycles. The van der Waals surface area contributed by atoms with Crippen molar-refractivity contribution in [3.8, 4) is 0 Å². The molecule has 0 bridgehead atoms. The Hall–Kier alpha value is -2.10. The first-order chi connectivity index (χ1) is 13.2. The van der Waals surface area contributed by atoms with Crippen LogP contribution in [0.25, 0.3) is 6.08 Å². The molecule has 0 aromatic carbocycles. The number of hydrogen-bond acceptors (Lipinski definition) is 8. The van der Waals surface area contributed by atoms with Crippen LogP contribution in [0.3, 0.4) is 0 Å². The smallest absolute Gasteiger partial charge is 0.316 e. The van der Waals surface area contributed by atoms with Crippen molar-refractivity contribution in [2.24, 2.45) is 4.99 Å². The van der Waals surface area contributed by atoms with E-state index in [1.165, 1.54) is 11.8 Å². The molecule has 27 heavy (non-hydrogen) atoms. The first-order valence-electron chi connectivity index (χ1n) is 8.91. The molecule has 0 spiro atoms. The zero-order chi connectivity index (χ0) is 19.1. The number of rotatable bonds is 7. The Balaban J connectivity index is 1.68. The molecule has 0 N–H and O–H groups in total. The van der Waals surface area contributed by atoms with Crippen LogP contribution in [0.15, 0.2) is 33.5 Å². The highest BCUT2D eigenvalue weighted by Crippen LogP contribution is 2.24. The third-order valence-corrected chi connectivity index (χ3v) is 5.05. The number of hydrogen-bond donors (Lipinski definition) is 0. The molecular formula is C18H23N3O5S. The van der Waals surface area contributed by atoms with Gasteiger partial charge >= 0.3 is 5.97 Å². The summed E-state index contributed by atoms with van der Waals surface area (Å²) >= 11 is 1.21. The first-order valence-corrected chi connectivity index (χ1v) is 9.90. The van der Waals surface area contributed by atoms with Crippen LogP contribution >= 0.6 is 11.8 Å². The van der Waals surface area contributed by atoms with Crippen molar-refractivity contribution in [3.63, 3.8) is 0 Å². The minimum absolute atomic E-state index is 0.113. The van der Waals surface area contributed by atoms with Gasteiger partial charge in [0.05, 0.1) is 31.8 Å². The fourth-order valence-corrected chi connectivity index (χ4v) is 3.56. The monoisotopic (exact) mass is 393 g/mol. The molecule has 8 nitrogen and oxygen atoms in total. The van der Waals surface area contributed by atoms with Crippen molar-refractivity contribution >= 4 is 34.9 Å². The molecule has 0 saturated carbocycles. The second-order valence-corrected chi connectivity index (χ2v) is 6.89. The number of esters is 1. The Labute approximate surface area is 162 Å². The number of ether oxygens (including phenoxy) is 2. The number of aliphatic imine (C=N–C) groups is 1. The van der Waals surface area contributed by atoms with Crippen molar-refractivity contribution in [2.75, 3.05) is 51.8 Å². The van der Waals surface area contributed by atoms with Gasteiger partial charge in [-0.15, -0.1) is 0 Å². The number of amidine groups is 1. The van der Waals surface area contributed by atoms with Gasteiger partial charge in [0.2, 0.25) is 0 Å². The first kappa shape index (κ1) is 19.7. The van der Waals surface area contributed by atoms with Gasteiger partial charge in [-0.3, -0.25) is 19.4 Å². The van der Waals surface area contributed by atoms with Crippen LogP contribution in [0, 0.1) is 0 Å². The summed E-state index contributed by atoms with van der Waals surface area (Å²) in [6.07, 6.45) is 3.16. The summed E-state index contributed by atoms with van der Waals surface area (Å²) in [6.45, 7) is 6.42. The number of thioether (sulfide) groups is 1. The van der Waals surface area contributed by atoms with Crippen molar-refractivity contribution in [1.82, 2.24) is 9.80 Å². The summed E-state index contributed by atoms with van der Waals surface area (Å²) in [7, 11) is 0. The highest BCUT2D eigenvalue weighted by atomic mass is 32.2. The van der Waals surface area contributed by atoms with E-state index in [1.807, 2.05) is 0 Å². The lowest BCUT2D eigenvalue weighted by Gasteiger charge is -2.28. The molecule has 1 amide bonds. The van der Waals surface area contributed by atoms with Crippen LogP contribution in [-0.2, 0) is 19.1 Å². The fraction of sp³-hybridized carbons (Fsp3) is 0.500. The average Bonchev–Trinajstić information content (AvgIpc) is 3.29. The van der Waals surface area contributed by atoms with Gasteiger partial charge in [-0.25, -0.2) is 4.99 Å². The van der Waals surface area contributed by atoms with E-state index in [1.54, 1.807) is 36.3 Å². The number of amides is 1. The van der Waals surface area contributed by atoms with Crippen LogP contribution in [0.4, 0.5) is 0 Å². The third-order valence-electron chi connectivity index (χ3n) is 4.10. The lowest BCUT2D eigenvalue weighted by atomic mass is 10.3. The van der Waals surface area contributed by atoms with Crippen LogP contribution in [-0.4, -0.2) is 78.6 Å².